The molecule has 1 amide bonds. The van der Waals surface area contributed by atoms with Crippen LogP contribution in [0.5, 0.6) is 0 Å². The first-order valence-corrected chi connectivity index (χ1v) is 8.63. The molecule has 0 saturated carbocycles. The molecule has 27 heavy (non-hydrogen) atoms. The quantitative estimate of drug-likeness (QED) is 0.738. The summed E-state index contributed by atoms with van der Waals surface area (Å²) in [5.74, 6) is -0.930. The molecule has 0 saturated heterocycles. The zero-order chi connectivity index (χ0) is 19.1. The Morgan fingerprint density at radius 3 is 2.85 bits per heavy atom. The van der Waals surface area contributed by atoms with Crippen molar-refractivity contribution < 1.29 is 14.7 Å². The number of amides is 1. The largest absolute Gasteiger partial charge is 0.480 e. The molecule has 3 heterocycles. The molecule has 2 N–H and O–H groups in total. The van der Waals surface area contributed by atoms with Crippen molar-refractivity contribution in [3.05, 3.63) is 59.0 Å². The van der Waals surface area contributed by atoms with Crippen molar-refractivity contribution in [3.8, 4) is 5.69 Å². The molecule has 4 rings (SSSR count). The van der Waals surface area contributed by atoms with Crippen molar-refractivity contribution in [2.45, 2.75) is 32.7 Å². The number of carboxylic acid groups (broad SMARTS) is 1. The second-order valence-corrected chi connectivity index (χ2v) is 6.71. The molecule has 0 fully saturated rings. The van der Waals surface area contributed by atoms with Crippen LogP contribution in [0.4, 0.5) is 5.82 Å². The molecule has 0 bridgehead atoms. The lowest BCUT2D eigenvalue weighted by molar-refractivity contribution is -0.137. The van der Waals surface area contributed by atoms with Gasteiger partial charge in [0.1, 0.15) is 12.4 Å². The monoisotopic (exact) mass is 365 g/mol. The van der Waals surface area contributed by atoms with Crippen LogP contribution in [-0.4, -0.2) is 36.5 Å². The highest BCUT2D eigenvalue weighted by Gasteiger charge is 2.33. The molecule has 1 aromatic carbocycles. The van der Waals surface area contributed by atoms with E-state index in [-0.39, 0.29) is 24.8 Å². The number of carbonyl (C=O) groups is 2. The number of aryl methyl sites for hydroxylation is 2. The van der Waals surface area contributed by atoms with Crippen molar-refractivity contribution in [3.63, 3.8) is 0 Å². The van der Waals surface area contributed by atoms with Gasteiger partial charge in [0.25, 0.3) is 0 Å². The smallest absolute Gasteiger partial charge is 0.325 e. The third-order valence-electron chi connectivity index (χ3n) is 4.82. The van der Waals surface area contributed by atoms with E-state index < -0.39 is 5.97 Å². The van der Waals surface area contributed by atoms with E-state index in [1.54, 1.807) is 10.9 Å². The van der Waals surface area contributed by atoms with Crippen LogP contribution in [0.15, 0.2) is 36.7 Å². The number of hydrogen-bond acceptors (Lipinski definition) is 4. The summed E-state index contributed by atoms with van der Waals surface area (Å²) < 4.78 is 3.14. The molecule has 0 aliphatic carbocycles. The highest BCUT2D eigenvalue weighted by molar-refractivity contribution is 5.94. The highest BCUT2D eigenvalue weighted by atomic mass is 16.4. The third-order valence-corrected chi connectivity index (χ3v) is 4.82. The van der Waals surface area contributed by atoms with Crippen LogP contribution in [-0.2, 0) is 16.1 Å². The van der Waals surface area contributed by atoms with Gasteiger partial charge in [-0.1, -0.05) is 18.2 Å². The van der Waals surface area contributed by atoms with E-state index in [2.05, 4.69) is 15.5 Å². The minimum Gasteiger partial charge on any atom is -0.480 e. The molecular formula is C19H19N5O3. The number of hydrogen-bond donors (Lipinski definition) is 2. The van der Waals surface area contributed by atoms with Crippen LogP contribution in [0.1, 0.15) is 34.7 Å². The first-order valence-electron chi connectivity index (χ1n) is 8.63. The lowest BCUT2D eigenvalue weighted by Crippen LogP contribution is -2.25. The molecule has 0 radical (unpaired) electrons. The van der Waals surface area contributed by atoms with Crippen molar-refractivity contribution in [1.82, 2.24) is 19.6 Å². The lowest BCUT2D eigenvalue weighted by atomic mass is 9.87. The summed E-state index contributed by atoms with van der Waals surface area (Å²) in [5.41, 5.74) is 4.52. The van der Waals surface area contributed by atoms with Gasteiger partial charge in [0.15, 0.2) is 0 Å². The summed E-state index contributed by atoms with van der Waals surface area (Å²) in [6.07, 6.45) is 3.95. The maximum atomic E-state index is 12.3. The summed E-state index contributed by atoms with van der Waals surface area (Å²) in [4.78, 5) is 23.4. The minimum atomic E-state index is -1.01. The van der Waals surface area contributed by atoms with Gasteiger partial charge in [-0.15, -0.1) is 0 Å². The number of carboxylic acids is 1. The second-order valence-electron chi connectivity index (χ2n) is 6.71. The number of para-hydroxylation sites is 1. The number of fused-ring (bicyclic) bond motifs is 1. The topological polar surface area (TPSA) is 102 Å². The maximum Gasteiger partial charge on any atom is 0.325 e. The fraction of sp³-hybridized carbons (Fsp3) is 0.263. The Labute approximate surface area is 155 Å². The van der Waals surface area contributed by atoms with Gasteiger partial charge in [-0.3, -0.25) is 9.59 Å². The number of rotatable bonds is 4. The average Bonchev–Trinajstić information content (AvgIpc) is 3.20. The number of aromatic nitrogens is 4. The van der Waals surface area contributed by atoms with Crippen molar-refractivity contribution in [2.24, 2.45) is 0 Å². The third kappa shape index (κ3) is 2.99. The van der Waals surface area contributed by atoms with Gasteiger partial charge in [0.2, 0.25) is 5.91 Å². The number of nitrogens with zero attached hydrogens (tertiary/aromatic N) is 4. The summed E-state index contributed by atoms with van der Waals surface area (Å²) >= 11 is 0. The molecule has 8 nitrogen and oxygen atoms in total. The van der Waals surface area contributed by atoms with Gasteiger partial charge in [0, 0.05) is 24.1 Å². The Hall–Kier alpha value is -3.42. The zero-order valence-corrected chi connectivity index (χ0v) is 15.0. The van der Waals surface area contributed by atoms with Crippen LogP contribution < -0.4 is 5.32 Å². The molecule has 1 aliphatic heterocycles. The number of anilines is 1. The maximum absolute atomic E-state index is 12.3. The summed E-state index contributed by atoms with van der Waals surface area (Å²) in [6, 6.07) is 7.93. The van der Waals surface area contributed by atoms with Crippen molar-refractivity contribution in [1.29, 1.82) is 0 Å². The van der Waals surface area contributed by atoms with Crippen LogP contribution in [0, 0.1) is 13.8 Å². The van der Waals surface area contributed by atoms with Crippen LogP contribution >= 0.6 is 0 Å². The van der Waals surface area contributed by atoms with Gasteiger partial charge in [-0.05, 0) is 31.0 Å². The van der Waals surface area contributed by atoms with E-state index in [0.29, 0.717) is 11.5 Å². The van der Waals surface area contributed by atoms with Crippen molar-refractivity contribution >= 4 is 17.7 Å². The van der Waals surface area contributed by atoms with Crippen LogP contribution in [0.3, 0.4) is 0 Å². The molecule has 2 aromatic heterocycles. The molecule has 8 heteroatoms. The van der Waals surface area contributed by atoms with Crippen LogP contribution in [0.2, 0.25) is 0 Å². The highest BCUT2D eigenvalue weighted by Crippen LogP contribution is 2.39. The molecule has 0 spiro atoms. The predicted molar refractivity (Wildman–Crippen MR) is 98.0 cm³/mol. The summed E-state index contributed by atoms with van der Waals surface area (Å²) in [5, 5.41) is 20.7. The summed E-state index contributed by atoms with van der Waals surface area (Å²) in [6.45, 7) is 3.54. The van der Waals surface area contributed by atoms with Crippen LogP contribution in [0.25, 0.3) is 5.69 Å². The standard InChI is InChI=1S/C19H19N5O3/c1-11-5-3-4-6-15(11)23-9-13(8-20-23)14-7-16(25)21-19-18(14)12(2)22-24(19)10-17(26)27/h3-6,8-9,14H,7,10H2,1-2H3,(H,21,25)(H,26,27)/t14-/m1/s1. The zero-order valence-electron chi connectivity index (χ0n) is 15.0. The van der Waals surface area contributed by atoms with E-state index in [9.17, 15) is 9.59 Å². The fourth-order valence-electron chi connectivity index (χ4n) is 3.61. The Morgan fingerprint density at radius 2 is 2.11 bits per heavy atom. The Balaban J connectivity index is 1.76. The molecule has 138 valence electrons. The number of aliphatic carboxylic acids is 1. The SMILES string of the molecule is Cc1ccccc1-n1cc([C@H]2CC(=O)Nc3c2c(C)nn3CC(=O)O)cn1. The van der Waals surface area contributed by atoms with E-state index in [1.807, 2.05) is 44.3 Å². The first-order chi connectivity index (χ1) is 12.9. The Morgan fingerprint density at radius 1 is 1.33 bits per heavy atom. The van der Waals surface area contributed by atoms with Gasteiger partial charge >= 0.3 is 5.97 Å². The summed E-state index contributed by atoms with van der Waals surface area (Å²) in [7, 11) is 0. The minimum absolute atomic E-state index is 0.164. The molecule has 1 atom stereocenters. The molecule has 3 aromatic rings. The number of carbonyl (C=O) groups excluding carboxylic acids is 1. The number of nitrogens with one attached hydrogen (secondary N) is 1. The van der Waals surface area contributed by atoms with E-state index in [4.69, 9.17) is 5.11 Å². The Kier molecular flexibility index (Phi) is 4.02. The van der Waals surface area contributed by atoms with E-state index in [0.717, 1.165) is 22.4 Å². The molecular weight excluding hydrogens is 346 g/mol. The fourth-order valence-corrected chi connectivity index (χ4v) is 3.61. The average molecular weight is 365 g/mol. The second kappa shape index (κ2) is 6.39. The van der Waals surface area contributed by atoms with E-state index >= 15 is 0 Å². The van der Waals surface area contributed by atoms with E-state index in [1.165, 1.54) is 4.68 Å². The van der Waals surface area contributed by atoms with Crippen molar-refractivity contribution in [2.75, 3.05) is 5.32 Å². The first kappa shape index (κ1) is 17.0. The predicted octanol–water partition coefficient (Wildman–Crippen LogP) is 2.24. The molecule has 1 aliphatic rings. The van der Waals surface area contributed by atoms with Gasteiger partial charge < -0.3 is 10.4 Å². The van der Waals surface area contributed by atoms with Gasteiger partial charge in [-0.25, -0.2) is 9.36 Å². The normalized spacial score (nSPS) is 16.1. The van der Waals surface area contributed by atoms with Gasteiger partial charge in [-0.2, -0.15) is 10.2 Å². The number of benzene rings is 1. The molecule has 0 unspecified atom stereocenters. The van der Waals surface area contributed by atoms with Gasteiger partial charge in [0.05, 0.1) is 17.6 Å². The lowest BCUT2D eigenvalue weighted by Gasteiger charge is -2.23. The Bertz CT molecular complexity index is 1050.